The predicted molar refractivity (Wildman–Crippen MR) is 48.1 cm³/mol. The molecule has 4 heteroatoms. The first-order valence-corrected chi connectivity index (χ1v) is 4.25. The summed E-state index contributed by atoms with van der Waals surface area (Å²) in [6.45, 7) is 4.12. The van der Waals surface area contributed by atoms with E-state index in [-0.39, 0.29) is 12.7 Å². The molecule has 0 aliphatic rings. The minimum absolute atomic E-state index is 0.122. The SMILES string of the molecule is CC(C)OCC(O)c1ccncn1. The Labute approximate surface area is 77.6 Å². The normalized spacial score (nSPS) is 13.2. The second kappa shape index (κ2) is 4.89. The van der Waals surface area contributed by atoms with Crippen LogP contribution in [0.4, 0.5) is 0 Å². The summed E-state index contributed by atoms with van der Waals surface area (Å²) < 4.78 is 5.25. The van der Waals surface area contributed by atoms with E-state index in [9.17, 15) is 5.11 Å². The van der Waals surface area contributed by atoms with Crippen molar-refractivity contribution in [2.45, 2.75) is 26.1 Å². The smallest absolute Gasteiger partial charge is 0.119 e. The number of nitrogens with zero attached hydrogens (tertiary/aromatic N) is 2. The third-order valence-electron chi connectivity index (χ3n) is 1.53. The molecule has 0 bridgehead atoms. The van der Waals surface area contributed by atoms with Gasteiger partial charge in [-0.15, -0.1) is 0 Å². The van der Waals surface area contributed by atoms with Crippen LogP contribution in [0.25, 0.3) is 0 Å². The van der Waals surface area contributed by atoms with Crippen LogP contribution in [0, 0.1) is 0 Å². The number of hydrogen-bond donors (Lipinski definition) is 1. The Bertz CT molecular complexity index is 239. The number of aromatic nitrogens is 2. The lowest BCUT2D eigenvalue weighted by molar-refractivity contribution is 0.00322. The maximum Gasteiger partial charge on any atom is 0.119 e. The summed E-state index contributed by atoms with van der Waals surface area (Å²) in [7, 11) is 0. The highest BCUT2D eigenvalue weighted by atomic mass is 16.5. The third kappa shape index (κ3) is 3.48. The van der Waals surface area contributed by atoms with Gasteiger partial charge < -0.3 is 9.84 Å². The fraction of sp³-hybridized carbons (Fsp3) is 0.556. The molecular formula is C9H14N2O2. The highest BCUT2D eigenvalue weighted by Gasteiger charge is 2.08. The van der Waals surface area contributed by atoms with Crippen molar-refractivity contribution in [1.29, 1.82) is 0 Å². The maximum absolute atomic E-state index is 9.55. The molecule has 1 heterocycles. The lowest BCUT2D eigenvalue weighted by atomic mass is 10.2. The molecule has 0 fully saturated rings. The minimum atomic E-state index is -0.662. The summed E-state index contributed by atoms with van der Waals surface area (Å²) in [4.78, 5) is 7.68. The van der Waals surface area contributed by atoms with Gasteiger partial charge in [-0.05, 0) is 19.9 Å². The quantitative estimate of drug-likeness (QED) is 0.752. The molecule has 1 aromatic heterocycles. The molecule has 0 saturated carbocycles. The van der Waals surface area contributed by atoms with E-state index >= 15 is 0 Å². The molecule has 72 valence electrons. The first-order chi connectivity index (χ1) is 6.20. The summed E-state index contributed by atoms with van der Waals surface area (Å²) in [6.07, 6.45) is 2.47. The minimum Gasteiger partial charge on any atom is -0.384 e. The van der Waals surface area contributed by atoms with Crippen LogP contribution in [0.2, 0.25) is 0 Å². The van der Waals surface area contributed by atoms with E-state index in [1.165, 1.54) is 6.33 Å². The number of rotatable bonds is 4. The van der Waals surface area contributed by atoms with E-state index in [2.05, 4.69) is 9.97 Å². The van der Waals surface area contributed by atoms with E-state index in [0.717, 1.165) is 0 Å². The van der Waals surface area contributed by atoms with E-state index in [1.807, 2.05) is 13.8 Å². The standard InChI is InChI=1S/C9H14N2O2/c1-7(2)13-5-9(12)8-3-4-10-6-11-8/h3-4,6-7,9,12H,5H2,1-2H3. The van der Waals surface area contributed by atoms with Gasteiger partial charge in [0.15, 0.2) is 0 Å². The Morgan fingerprint density at radius 2 is 2.31 bits per heavy atom. The molecule has 0 radical (unpaired) electrons. The first kappa shape index (κ1) is 10.1. The maximum atomic E-state index is 9.55. The monoisotopic (exact) mass is 182 g/mol. The van der Waals surface area contributed by atoms with Crippen molar-refractivity contribution < 1.29 is 9.84 Å². The van der Waals surface area contributed by atoms with E-state index in [0.29, 0.717) is 5.69 Å². The van der Waals surface area contributed by atoms with Crippen molar-refractivity contribution in [2.75, 3.05) is 6.61 Å². The first-order valence-electron chi connectivity index (χ1n) is 4.25. The molecule has 0 amide bonds. The van der Waals surface area contributed by atoms with Crippen molar-refractivity contribution >= 4 is 0 Å². The van der Waals surface area contributed by atoms with E-state index in [4.69, 9.17) is 4.74 Å². The van der Waals surface area contributed by atoms with Crippen LogP contribution in [0.5, 0.6) is 0 Å². The van der Waals surface area contributed by atoms with Crippen molar-refractivity contribution in [2.24, 2.45) is 0 Å². The fourth-order valence-corrected chi connectivity index (χ4v) is 0.867. The summed E-state index contributed by atoms with van der Waals surface area (Å²) >= 11 is 0. The molecule has 1 aromatic rings. The highest BCUT2D eigenvalue weighted by Crippen LogP contribution is 2.08. The molecule has 1 atom stereocenters. The average molecular weight is 182 g/mol. The van der Waals surface area contributed by atoms with Crippen LogP contribution < -0.4 is 0 Å². The number of ether oxygens (including phenoxy) is 1. The van der Waals surface area contributed by atoms with Gasteiger partial charge >= 0.3 is 0 Å². The number of aliphatic hydroxyl groups excluding tert-OH is 1. The van der Waals surface area contributed by atoms with Gasteiger partial charge in [0, 0.05) is 6.20 Å². The topological polar surface area (TPSA) is 55.2 Å². The Kier molecular flexibility index (Phi) is 3.79. The van der Waals surface area contributed by atoms with Crippen LogP contribution in [0.3, 0.4) is 0 Å². The Balaban J connectivity index is 2.44. The third-order valence-corrected chi connectivity index (χ3v) is 1.53. The molecule has 13 heavy (non-hydrogen) atoms. The molecular weight excluding hydrogens is 168 g/mol. The van der Waals surface area contributed by atoms with Crippen LogP contribution in [0.15, 0.2) is 18.6 Å². The molecule has 0 aromatic carbocycles. The largest absolute Gasteiger partial charge is 0.384 e. The summed E-state index contributed by atoms with van der Waals surface area (Å²) in [5, 5.41) is 9.55. The molecule has 4 nitrogen and oxygen atoms in total. The van der Waals surface area contributed by atoms with Crippen LogP contribution >= 0.6 is 0 Å². The molecule has 0 saturated heterocycles. The van der Waals surface area contributed by atoms with E-state index < -0.39 is 6.10 Å². The van der Waals surface area contributed by atoms with Gasteiger partial charge in [-0.1, -0.05) is 0 Å². The second-order valence-corrected chi connectivity index (χ2v) is 3.03. The highest BCUT2D eigenvalue weighted by molar-refractivity contribution is 5.01. The summed E-state index contributed by atoms with van der Waals surface area (Å²) in [6, 6.07) is 1.67. The zero-order valence-corrected chi connectivity index (χ0v) is 7.84. The van der Waals surface area contributed by atoms with Gasteiger partial charge in [0.05, 0.1) is 18.4 Å². The van der Waals surface area contributed by atoms with Gasteiger partial charge in [-0.2, -0.15) is 0 Å². The Morgan fingerprint density at radius 3 is 2.85 bits per heavy atom. The van der Waals surface area contributed by atoms with Crippen LogP contribution in [0.1, 0.15) is 25.6 Å². The fourth-order valence-electron chi connectivity index (χ4n) is 0.867. The molecule has 1 unspecified atom stereocenters. The zero-order chi connectivity index (χ0) is 9.68. The van der Waals surface area contributed by atoms with Crippen molar-refractivity contribution in [3.63, 3.8) is 0 Å². The summed E-state index contributed by atoms with van der Waals surface area (Å²) in [5.74, 6) is 0. The van der Waals surface area contributed by atoms with Crippen molar-refractivity contribution in [3.05, 3.63) is 24.3 Å². The zero-order valence-electron chi connectivity index (χ0n) is 7.84. The van der Waals surface area contributed by atoms with Gasteiger partial charge in [0.25, 0.3) is 0 Å². The average Bonchev–Trinajstić information content (AvgIpc) is 2.15. The Morgan fingerprint density at radius 1 is 1.54 bits per heavy atom. The van der Waals surface area contributed by atoms with Crippen LogP contribution in [-0.2, 0) is 4.74 Å². The second-order valence-electron chi connectivity index (χ2n) is 3.03. The van der Waals surface area contributed by atoms with Gasteiger partial charge in [-0.3, -0.25) is 0 Å². The number of hydrogen-bond acceptors (Lipinski definition) is 4. The van der Waals surface area contributed by atoms with E-state index in [1.54, 1.807) is 12.3 Å². The van der Waals surface area contributed by atoms with Crippen LogP contribution in [-0.4, -0.2) is 27.8 Å². The van der Waals surface area contributed by atoms with Gasteiger partial charge in [-0.25, -0.2) is 9.97 Å². The molecule has 0 aliphatic heterocycles. The number of aliphatic hydroxyl groups is 1. The molecule has 0 aliphatic carbocycles. The summed E-state index contributed by atoms with van der Waals surface area (Å²) in [5.41, 5.74) is 0.593. The molecule has 0 spiro atoms. The molecule has 1 rings (SSSR count). The van der Waals surface area contributed by atoms with Gasteiger partial charge in [0.1, 0.15) is 12.4 Å². The van der Waals surface area contributed by atoms with Crippen molar-refractivity contribution in [3.8, 4) is 0 Å². The lowest BCUT2D eigenvalue weighted by Gasteiger charge is -2.12. The molecule has 1 N–H and O–H groups in total. The van der Waals surface area contributed by atoms with Crippen molar-refractivity contribution in [1.82, 2.24) is 9.97 Å². The predicted octanol–water partition coefficient (Wildman–Crippen LogP) is 0.935. The Hall–Kier alpha value is -1.00. The van der Waals surface area contributed by atoms with Gasteiger partial charge in [0.2, 0.25) is 0 Å². The lowest BCUT2D eigenvalue weighted by Crippen LogP contribution is -2.12.